The number of unbranched alkanes of at least 4 members (excludes halogenated alkanes) is 30. The Morgan fingerprint density at radius 2 is 0.898 bits per heavy atom. The van der Waals surface area contributed by atoms with Gasteiger partial charge < -0.3 is 20.3 Å². The summed E-state index contributed by atoms with van der Waals surface area (Å²) in [6.45, 7) is 6.43. The molecule has 0 aliphatic rings. The summed E-state index contributed by atoms with van der Waals surface area (Å²) in [5.74, 6) is -0.598. The fraction of sp³-hybridized carbons (Fsp3) is 0.849. The number of ether oxygens (including phenoxy) is 1. The summed E-state index contributed by atoms with van der Waals surface area (Å²) in [6, 6.07) is -0.729. The third-order valence-electron chi connectivity index (χ3n) is 11.7. The molecule has 0 radical (unpaired) electrons. The second-order valence-corrected chi connectivity index (χ2v) is 17.6. The van der Waals surface area contributed by atoms with Gasteiger partial charge in [0.2, 0.25) is 5.91 Å². The molecule has 0 aromatic rings. The SMILES string of the molecule is CCCCCCCC/C=C\C/C=C/C(CC(=O)NC(CO)C(O)CCCCCCCCCCCC)OC(=O)CCCCCCCCCCC/C=C/CCCCCCCC. The van der Waals surface area contributed by atoms with Crippen LogP contribution in [0.5, 0.6) is 0 Å². The minimum absolute atomic E-state index is 0.0271. The fourth-order valence-electron chi connectivity index (χ4n) is 7.74. The predicted octanol–water partition coefficient (Wildman–Crippen LogP) is 15.3. The van der Waals surface area contributed by atoms with Crippen LogP contribution >= 0.6 is 0 Å². The van der Waals surface area contributed by atoms with Gasteiger partial charge >= 0.3 is 5.97 Å². The minimum Gasteiger partial charge on any atom is -0.458 e. The van der Waals surface area contributed by atoms with E-state index in [1.54, 1.807) is 0 Å². The quantitative estimate of drug-likeness (QED) is 0.0323. The summed E-state index contributed by atoms with van der Waals surface area (Å²) in [6.07, 6.45) is 55.3. The van der Waals surface area contributed by atoms with E-state index in [0.717, 1.165) is 51.4 Å². The number of rotatable bonds is 46. The normalized spacial score (nSPS) is 13.5. The van der Waals surface area contributed by atoms with Crippen molar-refractivity contribution in [3.8, 4) is 0 Å². The Morgan fingerprint density at radius 1 is 0.508 bits per heavy atom. The summed E-state index contributed by atoms with van der Waals surface area (Å²) in [5, 5.41) is 23.6. The van der Waals surface area contributed by atoms with Crippen molar-refractivity contribution in [3.05, 3.63) is 36.5 Å². The van der Waals surface area contributed by atoms with Crippen molar-refractivity contribution in [2.24, 2.45) is 0 Å². The van der Waals surface area contributed by atoms with Gasteiger partial charge in [-0.1, -0.05) is 225 Å². The standard InChI is InChI=1S/C53H99NO5/c1-4-7-10-13-16-19-22-23-24-25-26-27-28-29-31-34-37-40-43-46-53(58)59-49(44-41-38-35-32-30-20-17-14-11-8-5-2)47-52(57)54-50(48-55)51(56)45-42-39-36-33-21-18-15-12-9-6-3/h23-24,32,35,41,44,49-51,55-56H,4-22,25-31,33-34,36-40,42-43,45-48H2,1-3H3,(H,54,57)/b24-23+,35-32-,44-41+. The van der Waals surface area contributed by atoms with Crippen LogP contribution in [0.4, 0.5) is 0 Å². The van der Waals surface area contributed by atoms with Gasteiger partial charge in [-0.05, 0) is 63.9 Å². The Hall–Kier alpha value is -1.92. The summed E-state index contributed by atoms with van der Waals surface area (Å²) < 4.78 is 5.82. The lowest BCUT2D eigenvalue weighted by Crippen LogP contribution is -2.46. The molecule has 0 rings (SSSR count). The molecule has 0 spiro atoms. The summed E-state index contributed by atoms with van der Waals surface area (Å²) in [7, 11) is 0. The van der Waals surface area contributed by atoms with Gasteiger partial charge in [0.15, 0.2) is 0 Å². The van der Waals surface area contributed by atoms with Crippen LogP contribution in [-0.2, 0) is 14.3 Å². The third-order valence-corrected chi connectivity index (χ3v) is 11.7. The predicted molar refractivity (Wildman–Crippen MR) is 255 cm³/mol. The maximum atomic E-state index is 13.1. The highest BCUT2D eigenvalue weighted by Crippen LogP contribution is 2.16. The average molecular weight is 830 g/mol. The van der Waals surface area contributed by atoms with Gasteiger partial charge in [-0.25, -0.2) is 0 Å². The number of aliphatic hydroxyl groups excluding tert-OH is 2. The van der Waals surface area contributed by atoms with Gasteiger partial charge in [0.25, 0.3) is 0 Å². The molecule has 0 saturated heterocycles. The summed E-state index contributed by atoms with van der Waals surface area (Å²) >= 11 is 0. The Labute approximate surface area is 366 Å². The fourth-order valence-corrected chi connectivity index (χ4v) is 7.74. The number of hydrogen-bond donors (Lipinski definition) is 3. The van der Waals surface area contributed by atoms with Crippen molar-refractivity contribution in [2.45, 2.75) is 283 Å². The van der Waals surface area contributed by atoms with Gasteiger partial charge in [-0.15, -0.1) is 0 Å². The second-order valence-electron chi connectivity index (χ2n) is 17.6. The number of nitrogens with one attached hydrogen (secondary N) is 1. The van der Waals surface area contributed by atoms with E-state index in [2.05, 4.69) is 50.4 Å². The molecule has 0 saturated carbocycles. The highest BCUT2D eigenvalue weighted by Gasteiger charge is 2.23. The maximum Gasteiger partial charge on any atom is 0.306 e. The lowest BCUT2D eigenvalue weighted by molar-refractivity contribution is -0.148. The minimum atomic E-state index is -0.807. The topological polar surface area (TPSA) is 95.9 Å². The first-order valence-electron chi connectivity index (χ1n) is 25.7. The zero-order valence-electron chi connectivity index (χ0n) is 39.4. The molecule has 346 valence electrons. The Bertz CT molecular complexity index is 977. The van der Waals surface area contributed by atoms with Gasteiger partial charge in [0.1, 0.15) is 6.10 Å². The van der Waals surface area contributed by atoms with E-state index in [1.807, 2.05) is 12.2 Å². The molecule has 0 aromatic carbocycles. The van der Waals surface area contributed by atoms with Crippen LogP contribution in [0, 0.1) is 0 Å². The Kier molecular flexibility index (Phi) is 45.6. The number of carbonyl (C=O) groups is 2. The monoisotopic (exact) mass is 830 g/mol. The van der Waals surface area contributed by atoms with Crippen molar-refractivity contribution >= 4 is 11.9 Å². The van der Waals surface area contributed by atoms with E-state index in [1.165, 1.54) is 173 Å². The van der Waals surface area contributed by atoms with Crippen LogP contribution in [0.1, 0.15) is 265 Å². The number of hydrogen-bond acceptors (Lipinski definition) is 5. The summed E-state index contributed by atoms with van der Waals surface area (Å²) in [5.41, 5.74) is 0. The lowest BCUT2D eigenvalue weighted by atomic mass is 10.0. The zero-order valence-corrected chi connectivity index (χ0v) is 39.4. The van der Waals surface area contributed by atoms with Crippen LogP contribution in [0.2, 0.25) is 0 Å². The number of carbonyl (C=O) groups excluding carboxylic acids is 2. The number of aliphatic hydroxyl groups is 2. The van der Waals surface area contributed by atoms with Gasteiger partial charge in [-0.2, -0.15) is 0 Å². The molecule has 3 unspecified atom stereocenters. The van der Waals surface area contributed by atoms with Crippen molar-refractivity contribution in [3.63, 3.8) is 0 Å². The van der Waals surface area contributed by atoms with Gasteiger partial charge in [0.05, 0.1) is 25.2 Å². The van der Waals surface area contributed by atoms with Crippen LogP contribution in [0.15, 0.2) is 36.5 Å². The van der Waals surface area contributed by atoms with E-state index in [-0.39, 0.29) is 24.9 Å². The largest absolute Gasteiger partial charge is 0.458 e. The molecule has 0 heterocycles. The van der Waals surface area contributed by atoms with Crippen molar-refractivity contribution < 1.29 is 24.5 Å². The second kappa shape index (κ2) is 47.1. The average Bonchev–Trinajstić information content (AvgIpc) is 3.23. The van der Waals surface area contributed by atoms with Crippen LogP contribution in [-0.4, -0.2) is 46.9 Å². The molecular weight excluding hydrogens is 731 g/mol. The van der Waals surface area contributed by atoms with Crippen molar-refractivity contribution in [1.29, 1.82) is 0 Å². The number of esters is 1. The van der Waals surface area contributed by atoms with Gasteiger partial charge in [-0.3, -0.25) is 9.59 Å². The number of allylic oxidation sites excluding steroid dienone is 5. The van der Waals surface area contributed by atoms with Gasteiger partial charge in [0, 0.05) is 6.42 Å². The molecule has 3 atom stereocenters. The number of amides is 1. The first-order valence-corrected chi connectivity index (χ1v) is 25.7. The molecule has 0 bridgehead atoms. The van der Waals surface area contributed by atoms with E-state index >= 15 is 0 Å². The third kappa shape index (κ3) is 42.6. The van der Waals surface area contributed by atoms with E-state index < -0.39 is 18.2 Å². The first kappa shape index (κ1) is 57.1. The first-order chi connectivity index (χ1) is 29.0. The Balaban J connectivity index is 4.53. The Morgan fingerprint density at radius 3 is 1.34 bits per heavy atom. The van der Waals surface area contributed by atoms with E-state index in [0.29, 0.717) is 12.8 Å². The lowest BCUT2D eigenvalue weighted by Gasteiger charge is -2.23. The molecule has 6 nitrogen and oxygen atoms in total. The van der Waals surface area contributed by atoms with E-state index in [9.17, 15) is 19.8 Å². The molecule has 3 N–H and O–H groups in total. The molecule has 1 amide bonds. The smallest absolute Gasteiger partial charge is 0.306 e. The molecule has 0 aliphatic heterocycles. The molecule has 0 fully saturated rings. The van der Waals surface area contributed by atoms with E-state index in [4.69, 9.17) is 4.74 Å². The zero-order chi connectivity index (χ0) is 43.1. The molecule has 6 heteroatoms. The molecular formula is C53H99NO5. The van der Waals surface area contributed by atoms with Crippen molar-refractivity contribution in [2.75, 3.05) is 6.61 Å². The maximum absolute atomic E-state index is 13.1. The van der Waals surface area contributed by atoms with Crippen LogP contribution in [0.25, 0.3) is 0 Å². The van der Waals surface area contributed by atoms with Crippen molar-refractivity contribution in [1.82, 2.24) is 5.32 Å². The molecule has 59 heavy (non-hydrogen) atoms. The van der Waals surface area contributed by atoms with Crippen LogP contribution < -0.4 is 5.32 Å². The summed E-state index contributed by atoms with van der Waals surface area (Å²) in [4.78, 5) is 26.0. The highest BCUT2D eigenvalue weighted by atomic mass is 16.5. The van der Waals surface area contributed by atoms with Crippen LogP contribution in [0.3, 0.4) is 0 Å². The highest BCUT2D eigenvalue weighted by molar-refractivity contribution is 5.78. The molecule has 0 aromatic heterocycles. The molecule has 0 aliphatic carbocycles.